The highest BCUT2D eigenvalue weighted by Crippen LogP contribution is 2.25. The largest absolute Gasteiger partial charge is 0.351 e. The number of likely N-dealkylation sites (tertiary alicyclic amines) is 2. The van der Waals surface area contributed by atoms with Gasteiger partial charge in [-0.2, -0.15) is 0 Å². The topological polar surface area (TPSA) is 56.4 Å². The Kier molecular flexibility index (Phi) is 5.90. The molecule has 1 aromatic carbocycles. The first-order valence-corrected chi connectivity index (χ1v) is 10.8. The minimum absolute atomic E-state index is 0.0321. The molecular weight excluding hydrogens is 374 g/mol. The molecule has 28 heavy (non-hydrogen) atoms. The molecule has 1 N–H and O–H groups in total. The molecule has 2 aliphatic rings. The number of aromatic amines is 1. The van der Waals surface area contributed by atoms with E-state index in [2.05, 4.69) is 9.88 Å². The summed E-state index contributed by atoms with van der Waals surface area (Å²) in [6, 6.07) is 7.46. The van der Waals surface area contributed by atoms with Gasteiger partial charge in [-0.05, 0) is 55.9 Å². The quantitative estimate of drug-likeness (QED) is 0.825. The van der Waals surface area contributed by atoms with Crippen molar-refractivity contribution in [1.82, 2.24) is 14.8 Å². The molecule has 2 amide bonds. The molecule has 2 aromatic rings. The summed E-state index contributed by atoms with van der Waals surface area (Å²) in [5.74, 6) is 0.727. The molecule has 0 atom stereocenters. The van der Waals surface area contributed by atoms with Crippen LogP contribution in [0.1, 0.15) is 55.4 Å². The molecule has 0 aliphatic carbocycles. The number of carbonyl (C=O) groups excluding carboxylic acids is 2. The van der Waals surface area contributed by atoms with Crippen molar-refractivity contribution in [2.24, 2.45) is 5.92 Å². The lowest BCUT2D eigenvalue weighted by Gasteiger charge is -2.32. The Balaban J connectivity index is 1.31. The first-order chi connectivity index (χ1) is 13.6. The summed E-state index contributed by atoms with van der Waals surface area (Å²) in [6.45, 7) is 3.26. The van der Waals surface area contributed by atoms with Crippen LogP contribution in [0.15, 0.2) is 24.3 Å². The number of nitrogens with one attached hydrogen (secondary N) is 1. The summed E-state index contributed by atoms with van der Waals surface area (Å²) in [5.41, 5.74) is 1.53. The van der Waals surface area contributed by atoms with Gasteiger partial charge in [0.15, 0.2) is 0 Å². The first-order valence-electron chi connectivity index (χ1n) is 10.5. The van der Waals surface area contributed by atoms with E-state index in [9.17, 15) is 9.59 Å². The van der Waals surface area contributed by atoms with E-state index < -0.39 is 0 Å². The van der Waals surface area contributed by atoms with E-state index in [1.807, 2.05) is 29.2 Å². The van der Waals surface area contributed by atoms with Crippen molar-refractivity contribution in [3.05, 3.63) is 35.0 Å². The number of hydrogen-bond acceptors (Lipinski definition) is 2. The molecule has 0 spiro atoms. The van der Waals surface area contributed by atoms with Crippen LogP contribution < -0.4 is 0 Å². The minimum atomic E-state index is 0.0321. The summed E-state index contributed by atoms with van der Waals surface area (Å²) in [5, 5.41) is 1.62. The summed E-state index contributed by atoms with van der Waals surface area (Å²) in [6.07, 6.45) is 7.18. The second-order valence-corrected chi connectivity index (χ2v) is 8.59. The third-order valence-corrected chi connectivity index (χ3v) is 6.37. The zero-order valence-electron chi connectivity index (χ0n) is 16.3. The van der Waals surface area contributed by atoms with Crippen molar-refractivity contribution in [3.63, 3.8) is 0 Å². The number of benzene rings is 1. The Labute approximate surface area is 171 Å². The lowest BCUT2D eigenvalue weighted by molar-refractivity contribution is -0.132. The minimum Gasteiger partial charge on any atom is -0.351 e. The smallest absolute Gasteiger partial charge is 0.270 e. The van der Waals surface area contributed by atoms with Gasteiger partial charge in [-0.1, -0.05) is 24.4 Å². The Bertz CT molecular complexity index is 847. The van der Waals surface area contributed by atoms with Gasteiger partial charge >= 0.3 is 0 Å². The predicted molar refractivity (Wildman–Crippen MR) is 112 cm³/mol. The average molecular weight is 402 g/mol. The monoisotopic (exact) mass is 401 g/mol. The maximum Gasteiger partial charge on any atom is 0.270 e. The molecular formula is C22H28ClN3O2. The van der Waals surface area contributed by atoms with Crippen LogP contribution in [0.4, 0.5) is 0 Å². The SMILES string of the molecule is O=C(CC1CCN(C(=O)c2cc3cc(Cl)ccc3[nH]2)CC1)N1CCCCCC1. The Hall–Kier alpha value is -2.01. The van der Waals surface area contributed by atoms with E-state index in [4.69, 9.17) is 11.6 Å². The molecule has 5 nitrogen and oxygen atoms in total. The van der Waals surface area contributed by atoms with Gasteiger partial charge in [0.05, 0.1) is 0 Å². The molecule has 0 bridgehead atoms. The number of aromatic nitrogens is 1. The number of piperidine rings is 1. The van der Waals surface area contributed by atoms with Crippen molar-refractivity contribution in [3.8, 4) is 0 Å². The lowest BCUT2D eigenvalue weighted by Crippen LogP contribution is -2.40. The number of rotatable bonds is 3. The van der Waals surface area contributed by atoms with E-state index in [0.29, 0.717) is 42.1 Å². The molecule has 2 fully saturated rings. The van der Waals surface area contributed by atoms with Crippen molar-refractivity contribution in [2.45, 2.75) is 44.9 Å². The second kappa shape index (κ2) is 8.56. The van der Waals surface area contributed by atoms with Crippen molar-refractivity contribution < 1.29 is 9.59 Å². The Morgan fingerprint density at radius 2 is 1.68 bits per heavy atom. The van der Waals surface area contributed by atoms with E-state index in [-0.39, 0.29) is 5.91 Å². The Morgan fingerprint density at radius 1 is 0.964 bits per heavy atom. The van der Waals surface area contributed by atoms with Crippen LogP contribution >= 0.6 is 11.6 Å². The number of amides is 2. The lowest BCUT2D eigenvalue weighted by atomic mass is 9.92. The third-order valence-electron chi connectivity index (χ3n) is 6.14. The van der Waals surface area contributed by atoms with E-state index in [1.54, 1.807) is 0 Å². The van der Waals surface area contributed by atoms with Gasteiger partial charge in [0.1, 0.15) is 5.69 Å². The van der Waals surface area contributed by atoms with Crippen LogP contribution in [0, 0.1) is 5.92 Å². The zero-order valence-corrected chi connectivity index (χ0v) is 17.0. The van der Waals surface area contributed by atoms with Crippen LogP contribution in [0.2, 0.25) is 5.02 Å². The van der Waals surface area contributed by atoms with Gasteiger partial charge in [0.2, 0.25) is 5.91 Å². The highest BCUT2D eigenvalue weighted by atomic mass is 35.5. The molecule has 150 valence electrons. The van der Waals surface area contributed by atoms with Gasteiger partial charge in [-0.3, -0.25) is 9.59 Å². The molecule has 0 unspecified atom stereocenters. The summed E-state index contributed by atoms with van der Waals surface area (Å²) < 4.78 is 0. The normalized spacial score (nSPS) is 19.0. The molecule has 0 radical (unpaired) electrons. The number of fused-ring (bicyclic) bond motifs is 1. The fourth-order valence-corrected chi connectivity index (χ4v) is 4.61. The van der Waals surface area contributed by atoms with Crippen molar-refractivity contribution >= 4 is 34.3 Å². The van der Waals surface area contributed by atoms with Gasteiger partial charge in [0, 0.05) is 48.5 Å². The molecule has 2 aliphatic heterocycles. The van der Waals surface area contributed by atoms with E-state index in [1.165, 1.54) is 12.8 Å². The maximum atomic E-state index is 12.9. The third kappa shape index (κ3) is 4.35. The van der Waals surface area contributed by atoms with Crippen molar-refractivity contribution in [2.75, 3.05) is 26.2 Å². The van der Waals surface area contributed by atoms with Crippen molar-refractivity contribution in [1.29, 1.82) is 0 Å². The van der Waals surface area contributed by atoms with Gasteiger partial charge in [-0.15, -0.1) is 0 Å². The zero-order chi connectivity index (χ0) is 19.5. The Morgan fingerprint density at radius 3 is 2.39 bits per heavy atom. The van der Waals surface area contributed by atoms with Gasteiger partial charge in [0.25, 0.3) is 5.91 Å². The standard InChI is InChI=1S/C22H28ClN3O2/c23-18-5-6-19-17(14-18)15-20(24-19)22(28)26-11-7-16(8-12-26)13-21(27)25-9-3-1-2-4-10-25/h5-6,14-16,24H,1-4,7-13H2. The van der Waals surface area contributed by atoms with Gasteiger partial charge in [-0.25, -0.2) is 0 Å². The van der Waals surface area contributed by atoms with Gasteiger partial charge < -0.3 is 14.8 Å². The number of halogens is 1. The van der Waals surface area contributed by atoms with E-state index >= 15 is 0 Å². The molecule has 3 heterocycles. The molecule has 0 saturated carbocycles. The summed E-state index contributed by atoms with van der Waals surface area (Å²) in [7, 11) is 0. The summed E-state index contributed by atoms with van der Waals surface area (Å²) >= 11 is 6.04. The average Bonchev–Trinajstić information content (AvgIpc) is 2.92. The molecule has 4 rings (SSSR count). The van der Waals surface area contributed by atoms with Crippen LogP contribution in [0.25, 0.3) is 10.9 Å². The highest BCUT2D eigenvalue weighted by molar-refractivity contribution is 6.31. The molecule has 2 saturated heterocycles. The number of H-pyrrole nitrogens is 1. The second-order valence-electron chi connectivity index (χ2n) is 8.15. The van der Waals surface area contributed by atoms with E-state index in [0.717, 1.165) is 49.7 Å². The predicted octanol–water partition coefficient (Wildman–Crippen LogP) is 4.47. The summed E-state index contributed by atoms with van der Waals surface area (Å²) in [4.78, 5) is 32.6. The highest BCUT2D eigenvalue weighted by Gasteiger charge is 2.27. The molecule has 1 aromatic heterocycles. The van der Waals surface area contributed by atoms with Crippen LogP contribution in [-0.4, -0.2) is 52.8 Å². The number of carbonyl (C=O) groups is 2. The first kappa shape index (κ1) is 19.3. The fraction of sp³-hybridized carbons (Fsp3) is 0.545. The fourth-order valence-electron chi connectivity index (χ4n) is 4.43. The molecule has 6 heteroatoms. The number of nitrogens with zero attached hydrogens (tertiary/aromatic N) is 2. The van der Waals surface area contributed by atoms with Crippen LogP contribution in [0.3, 0.4) is 0 Å². The number of hydrogen-bond donors (Lipinski definition) is 1. The maximum absolute atomic E-state index is 12.9. The van der Waals surface area contributed by atoms with Crippen LogP contribution in [0.5, 0.6) is 0 Å². The van der Waals surface area contributed by atoms with Crippen LogP contribution in [-0.2, 0) is 4.79 Å².